The Hall–Kier alpha value is 0.270. The molecule has 166 valence electrons. The minimum atomic E-state index is -2.56. The van der Waals surface area contributed by atoms with Crippen molar-refractivity contribution in [3.8, 4) is 0 Å². The molecule has 1 unspecified atom stereocenters. The first-order valence-electron chi connectivity index (χ1n) is 9.63. The first-order chi connectivity index (χ1) is 12.8. The van der Waals surface area contributed by atoms with E-state index in [1.54, 1.807) is 19.2 Å². The van der Waals surface area contributed by atoms with Gasteiger partial charge in [0.2, 0.25) is 0 Å². The van der Waals surface area contributed by atoms with E-state index in [1.165, 1.54) is 11.4 Å². The molecule has 1 rings (SSSR count). The Morgan fingerprint density at radius 3 is 2.36 bits per heavy atom. The molecule has 1 saturated heterocycles. The van der Waals surface area contributed by atoms with Gasteiger partial charge in [-0.25, -0.2) is 4.62 Å². The van der Waals surface area contributed by atoms with Crippen LogP contribution in [0.2, 0.25) is 0 Å². The lowest BCUT2D eigenvalue weighted by atomic mass is 9.89. The lowest BCUT2D eigenvalue weighted by Gasteiger charge is -2.31. The number of esters is 1. The fourth-order valence-corrected chi connectivity index (χ4v) is 8.04. The summed E-state index contributed by atoms with van der Waals surface area (Å²) in [6, 6.07) is 0. The molecule has 0 radical (unpaired) electrons. The van der Waals surface area contributed by atoms with Gasteiger partial charge in [-0.3, -0.25) is 9.69 Å². The number of hydrogen-bond donors (Lipinski definition) is 0. The van der Waals surface area contributed by atoms with Gasteiger partial charge >= 0.3 is 5.97 Å². The van der Waals surface area contributed by atoms with Crippen molar-refractivity contribution in [3.05, 3.63) is 0 Å². The van der Waals surface area contributed by atoms with Gasteiger partial charge in [0, 0.05) is 32.9 Å². The lowest BCUT2D eigenvalue weighted by molar-refractivity contribution is -0.153. The summed E-state index contributed by atoms with van der Waals surface area (Å²) in [7, 11) is 3.56. The second-order valence-electron chi connectivity index (χ2n) is 8.60. The van der Waals surface area contributed by atoms with Gasteiger partial charge in [-0.05, 0) is 59.4 Å². The Morgan fingerprint density at radius 2 is 1.82 bits per heavy atom. The summed E-state index contributed by atoms with van der Waals surface area (Å²) in [5.74, 6) is 0.354. The van der Waals surface area contributed by atoms with E-state index in [1.807, 2.05) is 34.6 Å². The second-order valence-corrected chi connectivity index (χ2v) is 14.9. The molecular weight excluding hydrogens is 419 g/mol. The van der Waals surface area contributed by atoms with Crippen LogP contribution >= 0.6 is 17.1 Å². The number of rotatable bonds is 11. The topological polar surface area (TPSA) is 60.5 Å². The molecule has 0 bridgehead atoms. The summed E-state index contributed by atoms with van der Waals surface area (Å²) in [4.78, 5) is 14.8. The van der Waals surface area contributed by atoms with E-state index in [0.717, 1.165) is 39.3 Å². The smallest absolute Gasteiger partial charge is 0.311 e. The maximum atomic E-state index is 12.5. The predicted molar refractivity (Wildman–Crippen MR) is 119 cm³/mol. The Balaban J connectivity index is 2.42. The van der Waals surface area contributed by atoms with E-state index in [0.29, 0.717) is 5.75 Å². The van der Waals surface area contributed by atoms with Gasteiger partial charge in [-0.1, -0.05) is 11.4 Å². The molecule has 7 nitrogen and oxygen atoms in total. The molecule has 1 heterocycles. The van der Waals surface area contributed by atoms with Gasteiger partial charge in [0.15, 0.2) is 0 Å². The summed E-state index contributed by atoms with van der Waals surface area (Å²) in [6.07, 6.45) is 0.758. The van der Waals surface area contributed by atoms with Crippen molar-refractivity contribution in [1.82, 2.24) is 9.96 Å². The number of carbonyl (C=O) groups is 1. The zero-order valence-corrected chi connectivity index (χ0v) is 20.9. The Labute approximate surface area is 179 Å². The minimum Gasteiger partial charge on any atom is -0.464 e. The third-order valence-corrected chi connectivity index (χ3v) is 9.18. The Morgan fingerprint density at radius 1 is 1.21 bits per heavy atom. The number of morpholine rings is 1. The maximum absolute atomic E-state index is 12.5. The monoisotopic (exact) mass is 456 g/mol. The molecule has 0 aromatic heterocycles. The normalized spacial score (nSPS) is 18.9. The van der Waals surface area contributed by atoms with E-state index in [4.69, 9.17) is 30.4 Å². The molecule has 0 amide bonds. The first kappa shape index (κ1) is 26.3. The predicted octanol–water partition coefficient (Wildman–Crippen LogP) is 3.54. The lowest BCUT2D eigenvalue weighted by Crippen LogP contribution is -2.39. The summed E-state index contributed by atoms with van der Waals surface area (Å²) >= 11 is 7.03. The third kappa shape index (κ3) is 10.9. The van der Waals surface area contributed by atoms with Crippen LogP contribution in [0.4, 0.5) is 0 Å². The molecule has 1 aliphatic heterocycles. The van der Waals surface area contributed by atoms with Gasteiger partial charge in [0.05, 0.1) is 24.2 Å². The molecule has 10 heteroatoms. The van der Waals surface area contributed by atoms with Crippen LogP contribution in [0.15, 0.2) is 0 Å². The molecule has 1 aliphatic rings. The highest BCUT2D eigenvalue weighted by atomic mass is 32.9. The molecule has 0 spiro atoms. The van der Waals surface area contributed by atoms with Crippen LogP contribution in [0, 0.1) is 5.41 Å². The van der Waals surface area contributed by atoms with Crippen LogP contribution in [-0.4, -0.2) is 80.8 Å². The van der Waals surface area contributed by atoms with Crippen LogP contribution in [0.25, 0.3) is 0 Å². The van der Waals surface area contributed by atoms with Gasteiger partial charge in [-0.15, -0.1) is 0 Å². The van der Waals surface area contributed by atoms with Crippen LogP contribution < -0.4 is 0 Å². The van der Waals surface area contributed by atoms with Crippen molar-refractivity contribution >= 4 is 34.9 Å². The molecule has 28 heavy (non-hydrogen) atoms. The van der Waals surface area contributed by atoms with E-state index in [2.05, 4.69) is 4.90 Å². The third-order valence-electron chi connectivity index (χ3n) is 3.92. The second kappa shape index (κ2) is 11.6. The highest BCUT2D eigenvalue weighted by Crippen LogP contribution is 2.63. The fourth-order valence-electron chi connectivity index (χ4n) is 2.45. The summed E-state index contributed by atoms with van der Waals surface area (Å²) < 4.78 is 22.6. The molecule has 0 saturated carbocycles. The van der Waals surface area contributed by atoms with Crippen LogP contribution in [-0.2, 0) is 35.2 Å². The fraction of sp³-hybridized carbons (Fsp3) is 0.944. The van der Waals surface area contributed by atoms with Gasteiger partial charge in [0.25, 0.3) is 5.69 Å². The van der Waals surface area contributed by atoms with Crippen molar-refractivity contribution in [2.75, 3.05) is 59.3 Å². The van der Waals surface area contributed by atoms with Crippen LogP contribution in [0.1, 0.15) is 41.0 Å². The van der Waals surface area contributed by atoms with Crippen LogP contribution in [0.3, 0.4) is 0 Å². The highest BCUT2D eigenvalue weighted by molar-refractivity contribution is 8.67. The Bertz CT molecular complexity index is 535. The van der Waals surface area contributed by atoms with Gasteiger partial charge in [0.1, 0.15) is 6.61 Å². The largest absolute Gasteiger partial charge is 0.464 e. The summed E-state index contributed by atoms with van der Waals surface area (Å²) in [6.45, 7) is 14.2. The number of ether oxygens (including phenoxy) is 2. The van der Waals surface area contributed by atoms with Crippen molar-refractivity contribution in [2.24, 2.45) is 5.41 Å². The van der Waals surface area contributed by atoms with E-state index in [-0.39, 0.29) is 12.6 Å². The molecule has 1 fully saturated rings. The average molecular weight is 457 g/mol. The molecule has 0 N–H and O–H groups in total. The number of hydrogen-bond acceptors (Lipinski definition) is 9. The quantitative estimate of drug-likeness (QED) is 0.201. The molecular formula is C18H37N2O5PS2. The molecule has 0 aromatic carbocycles. The summed E-state index contributed by atoms with van der Waals surface area (Å²) in [5.41, 5.74) is -3.49. The van der Waals surface area contributed by atoms with Crippen molar-refractivity contribution < 1.29 is 23.4 Å². The van der Waals surface area contributed by atoms with E-state index >= 15 is 0 Å². The first-order valence-corrected chi connectivity index (χ1v) is 13.9. The molecule has 0 aliphatic carbocycles. The van der Waals surface area contributed by atoms with E-state index in [9.17, 15) is 4.79 Å². The van der Waals surface area contributed by atoms with Crippen molar-refractivity contribution in [2.45, 2.75) is 46.6 Å². The van der Waals surface area contributed by atoms with Gasteiger partial charge in [-0.2, -0.15) is 5.06 Å². The Kier molecular flexibility index (Phi) is 10.9. The number of nitrogens with zero attached hydrogens (tertiary/aromatic N) is 2. The molecule has 0 aromatic rings. The zero-order chi connectivity index (χ0) is 21.4. The highest BCUT2D eigenvalue weighted by Gasteiger charge is 2.31. The SMILES string of the molecule is CN(C)OP(=S)(OC(C)(C)C)SCCOC(=O)C(C)(C)CCN1CCOCC1. The standard InChI is InChI=1S/C18H37N2O5PS2/c1-17(2,3)24-26(27,25-19(6)7)28-15-14-23-16(21)18(4,5)8-9-20-10-12-22-13-11-20/h8-15H2,1-7H3. The minimum absolute atomic E-state index is 0.181. The average Bonchev–Trinajstić information content (AvgIpc) is 2.55. The molecule has 1 atom stereocenters. The van der Waals surface area contributed by atoms with Crippen molar-refractivity contribution in [3.63, 3.8) is 0 Å². The van der Waals surface area contributed by atoms with Crippen LogP contribution in [0.5, 0.6) is 0 Å². The zero-order valence-electron chi connectivity index (χ0n) is 18.4. The maximum Gasteiger partial charge on any atom is 0.311 e. The van der Waals surface area contributed by atoms with Crippen molar-refractivity contribution in [1.29, 1.82) is 0 Å². The summed E-state index contributed by atoms with van der Waals surface area (Å²) in [5, 5.41) is 1.57. The van der Waals surface area contributed by atoms with Gasteiger partial charge < -0.3 is 14.0 Å². The number of hydroxylamine groups is 2. The number of carbonyl (C=O) groups excluding carboxylic acids is 1. The van der Waals surface area contributed by atoms with E-state index < -0.39 is 16.7 Å².